The van der Waals surface area contributed by atoms with Gasteiger partial charge in [0.2, 0.25) is 15.9 Å². The number of hydrogen-bond acceptors (Lipinski definition) is 6. The second-order valence-electron chi connectivity index (χ2n) is 7.20. The Bertz CT molecular complexity index is 997. The molecule has 1 spiro atoms. The van der Waals surface area contributed by atoms with Crippen LogP contribution in [0.2, 0.25) is 0 Å². The van der Waals surface area contributed by atoms with Crippen molar-refractivity contribution in [3.63, 3.8) is 0 Å². The molecule has 0 unspecified atom stereocenters. The van der Waals surface area contributed by atoms with Crippen molar-refractivity contribution in [1.82, 2.24) is 19.0 Å². The van der Waals surface area contributed by atoms with Crippen LogP contribution in [0.25, 0.3) is 0 Å². The molecular formula is C19H24N4O5S. The van der Waals surface area contributed by atoms with E-state index in [4.69, 9.17) is 9.47 Å². The molecule has 2 saturated heterocycles. The molecule has 0 aliphatic carbocycles. The maximum atomic E-state index is 13.2. The van der Waals surface area contributed by atoms with Crippen molar-refractivity contribution in [2.45, 2.75) is 23.5 Å². The van der Waals surface area contributed by atoms with Gasteiger partial charge >= 0.3 is 0 Å². The van der Waals surface area contributed by atoms with Crippen LogP contribution in [0.15, 0.2) is 41.4 Å². The number of aryl methyl sites for hydroxylation is 1. The summed E-state index contributed by atoms with van der Waals surface area (Å²) in [4.78, 5) is 14.9. The van der Waals surface area contributed by atoms with Gasteiger partial charge in [-0.15, -0.1) is 5.10 Å². The van der Waals surface area contributed by atoms with Gasteiger partial charge in [0.15, 0.2) is 0 Å². The maximum Gasteiger partial charge on any atom is 0.260 e. The summed E-state index contributed by atoms with van der Waals surface area (Å²) in [5, 5.41) is 4.13. The van der Waals surface area contributed by atoms with E-state index in [0.717, 1.165) is 0 Å². The number of carbonyl (C=O) groups excluding carboxylic acids is 1. The van der Waals surface area contributed by atoms with Crippen LogP contribution in [-0.4, -0.2) is 72.4 Å². The molecule has 0 bridgehead atoms. The monoisotopic (exact) mass is 420 g/mol. The number of likely N-dealkylation sites (tertiary alicyclic amines) is 1. The average molecular weight is 420 g/mol. The number of methoxy groups -OCH3 is 1. The highest BCUT2D eigenvalue weighted by atomic mass is 32.2. The van der Waals surface area contributed by atoms with E-state index in [-0.39, 0.29) is 16.7 Å². The smallest absolute Gasteiger partial charge is 0.260 e. The minimum atomic E-state index is -3.67. The average Bonchev–Trinajstić information content (AvgIpc) is 3.32. The molecule has 9 nitrogen and oxygen atoms in total. The van der Waals surface area contributed by atoms with Crippen LogP contribution in [0, 0.1) is 0 Å². The standard InChI is InChI=1S/C19H24N4O5S/c1-21-14-16(17(20-21)27-2)18(24)22-10-8-19(9-11-22)23(12-13-28-19)29(25,26)15-6-4-3-5-7-15/h3-7,14H,8-13H2,1-2H3. The van der Waals surface area contributed by atoms with Gasteiger partial charge in [-0.2, -0.15) is 4.31 Å². The van der Waals surface area contributed by atoms with E-state index >= 15 is 0 Å². The molecule has 29 heavy (non-hydrogen) atoms. The normalized spacial score (nSPS) is 19.6. The van der Waals surface area contributed by atoms with Crippen LogP contribution < -0.4 is 4.74 Å². The third kappa shape index (κ3) is 3.41. The lowest BCUT2D eigenvalue weighted by Crippen LogP contribution is -2.55. The van der Waals surface area contributed by atoms with Gasteiger partial charge in [-0.05, 0) is 12.1 Å². The number of aromatic nitrogens is 2. The van der Waals surface area contributed by atoms with Crippen LogP contribution >= 0.6 is 0 Å². The second kappa shape index (κ2) is 7.43. The van der Waals surface area contributed by atoms with E-state index in [1.807, 2.05) is 0 Å². The molecule has 10 heteroatoms. The minimum absolute atomic E-state index is 0.180. The SMILES string of the molecule is COc1nn(C)cc1C(=O)N1CCC2(CC1)OCCN2S(=O)(=O)c1ccccc1. The number of ether oxygens (including phenoxy) is 2. The van der Waals surface area contributed by atoms with Crippen molar-refractivity contribution in [1.29, 1.82) is 0 Å². The summed E-state index contributed by atoms with van der Waals surface area (Å²) >= 11 is 0. The Morgan fingerprint density at radius 3 is 2.52 bits per heavy atom. The Labute approximate surface area is 169 Å². The fourth-order valence-electron chi connectivity index (χ4n) is 4.04. The van der Waals surface area contributed by atoms with Gasteiger partial charge < -0.3 is 14.4 Å². The van der Waals surface area contributed by atoms with Gasteiger partial charge in [0.1, 0.15) is 11.3 Å². The first-order chi connectivity index (χ1) is 13.9. The summed E-state index contributed by atoms with van der Waals surface area (Å²) < 4.78 is 40.5. The Hall–Kier alpha value is -2.43. The maximum absolute atomic E-state index is 13.2. The molecule has 0 atom stereocenters. The van der Waals surface area contributed by atoms with Crippen molar-refractivity contribution in [2.75, 3.05) is 33.4 Å². The molecular weight excluding hydrogens is 396 g/mol. The lowest BCUT2D eigenvalue weighted by molar-refractivity contribution is -0.0857. The molecule has 156 valence electrons. The van der Waals surface area contributed by atoms with Crippen LogP contribution in [0.1, 0.15) is 23.2 Å². The zero-order valence-corrected chi connectivity index (χ0v) is 17.3. The first-order valence-corrected chi connectivity index (χ1v) is 10.9. The number of carbonyl (C=O) groups is 1. The van der Waals surface area contributed by atoms with E-state index in [2.05, 4.69) is 5.10 Å². The summed E-state index contributed by atoms with van der Waals surface area (Å²) in [6.45, 7) is 1.42. The van der Waals surface area contributed by atoms with Crippen LogP contribution in [0.3, 0.4) is 0 Å². The fourth-order valence-corrected chi connectivity index (χ4v) is 5.79. The highest BCUT2D eigenvalue weighted by Gasteiger charge is 2.51. The molecule has 2 aromatic rings. The third-order valence-electron chi connectivity index (χ3n) is 5.50. The highest BCUT2D eigenvalue weighted by Crippen LogP contribution is 2.38. The van der Waals surface area contributed by atoms with E-state index in [1.54, 1.807) is 48.5 Å². The molecule has 2 aliphatic heterocycles. The number of nitrogens with zero attached hydrogens (tertiary/aromatic N) is 4. The number of amides is 1. The van der Waals surface area contributed by atoms with Crippen molar-refractivity contribution in [2.24, 2.45) is 7.05 Å². The van der Waals surface area contributed by atoms with Crippen molar-refractivity contribution >= 4 is 15.9 Å². The fraction of sp³-hybridized carbons (Fsp3) is 0.474. The quantitative estimate of drug-likeness (QED) is 0.735. The Kier molecular flexibility index (Phi) is 5.09. The molecule has 1 amide bonds. The lowest BCUT2D eigenvalue weighted by Gasteiger charge is -2.42. The van der Waals surface area contributed by atoms with Gasteiger partial charge in [0.05, 0.1) is 18.6 Å². The molecule has 1 aromatic heterocycles. The molecule has 2 fully saturated rings. The van der Waals surface area contributed by atoms with Crippen LogP contribution in [0.4, 0.5) is 0 Å². The van der Waals surface area contributed by atoms with E-state index < -0.39 is 15.7 Å². The summed E-state index contributed by atoms with van der Waals surface area (Å²) in [6.07, 6.45) is 2.45. The number of piperidine rings is 1. The van der Waals surface area contributed by atoms with Crippen molar-refractivity contribution in [3.8, 4) is 5.88 Å². The number of hydrogen-bond donors (Lipinski definition) is 0. The summed E-state index contributed by atoms with van der Waals surface area (Å²) in [6, 6.07) is 8.38. The molecule has 2 aliphatic rings. The molecule has 3 heterocycles. The van der Waals surface area contributed by atoms with Gasteiger partial charge in [0, 0.05) is 45.7 Å². The minimum Gasteiger partial charge on any atom is -0.479 e. The number of sulfonamides is 1. The number of benzene rings is 1. The first kappa shape index (κ1) is 19.9. The molecule has 0 radical (unpaired) electrons. The van der Waals surface area contributed by atoms with E-state index in [0.29, 0.717) is 44.6 Å². The largest absolute Gasteiger partial charge is 0.479 e. The van der Waals surface area contributed by atoms with Crippen LogP contribution in [0.5, 0.6) is 5.88 Å². The van der Waals surface area contributed by atoms with Gasteiger partial charge in [-0.1, -0.05) is 18.2 Å². The van der Waals surface area contributed by atoms with E-state index in [1.165, 1.54) is 16.1 Å². The molecule has 1 aromatic carbocycles. The highest BCUT2D eigenvalue weighted by molar-refractivity contribution is 7.89. The third-order valence-corrected chi connectivity index (χ3v) is 7.46. The Morgan fingerprint density at radius 1 is 1.17 bits per heavy atom. The second-order valence-corrected chi connectivity index (χ2v) is 9.07. The molecule has 0 N–H and O–H groups in total. The predicted octanol–water partition coefficient (Wildman–Crippen LogP) is 1.08. The Balaban J connectivity index is 1.52. The lowest BCUT2D eigenvalue weighted by atomic mass is 10.00. The summed E-state index contributed by atoms with van der Waals surface area (Å²) in [5.41, 5.74) is -0.517. The van der Waals surface area contributed by atoms with Gasteiger partial charge in [-0.3, -0.25) is 9.48 Å². The molecule has 4 rings (SSSR count). The Morgan fingerprint density at radius 2 is 1.86 bits per heavy atom. The van der Waals surface area contributed by atoms with Crippen LogP contribution in [-0.2, 0) is 21.8 Å². The number of rotatable bonds is 4. The summed E-state index contributed by atoms with van der Waals surface area (Å²) in [7, 11) is -0.472. The first-order valence-electron chi connectivity index (χ1n) is 9.46. The van der Waals surface area contributed by atoms with E-state index in [9.17, 15) is 13.2 Å². The van der Waals surface area contributed by atoms with Gasteiger partial charge in [0.25, 0.3) is 5.91 Å². The zero-order valence-electron chi connectivity index (χ0n) is 16.4. The zero-order chi connectivity index (χ0) is 20.6. The molecule has 0 saturated carbocycles. The topological polar surface area (TPSA) is 94.0 Å². The summed E-state index contributed by atoms with van der Waals surface area (Å²) in [5.74, 6) is 0.100. The van der Waals surface area contributed by atoms with Gasteiger partial charge in [-0.25, -0.2) is 8.42 Å². The predicted molar refractivity (Wildman–Crippen MR) is 104 cm³/mol. The van der Waals surface area contributed by atoms with Crippen molar-refractivity contribution < 1.29 is 22.7 Å². The van der Waals surface area contributed by atoms with Crippen molar-refractivity contribution in [3.05, 3.63) is 42.1 Å².